The molecule has 0 aliphatic carbocycles. The zero-order valence-corrected chi connectivity index (χ0v) is 17.6. The first kappa shape index (κ1) is 22.1. The first-order chi connectivity index (χ1) is 15.4. The van der Waals surface area contributed by atoms with Crippen LogP contribution in [-0.4, -0.2) is 40.0 Å². The third-order valence-corrected chi connectivity index (χ3v) is 5.75. The number of aromatic nitrogens is 2. The molecule has 1 saturated heterocycles. The number of piperidine rings is 1. The van der Waals surface area contributed by atoms with Gasteiger partial charge in [-0.25, -0.2) is 4.98 Å². The summed E-state index contributed by atoms with van der Waals surface area (Å²) in [4.78, 5) is 18.9. The fourth-order valence-electron chi connectivity index (χ4n) is 4.09. The predicted molar refractivity (Wildman–Crippen MR) is 117 cm³/mol. The number of carbonyl (C=O) groups excluding carboxylic acids is 1. The summed E-state index contributed by atoms with van der Waals surface area (Å²) in [6, 6.07) is 14.8. The van der Waals surface area contributed by atoms with Crippen molar-refractivity contribution in [2.75, 3.05) is 25.0 Å². The van der Waals surface area contributed by atoms with Crippen molar-refractivity contribution in [1.29, 1.82) is 0 Å². The van der Waals surface area contributed by atoms with E-state index >= 15 is 0 Å². The van der Waals surface area contributed by atoms with Crippen molar-refractivity contribution in [2.24, 2.45) is 5.92 Å². The van der Waals surface area contributed by atoms with Crippen LogP contribution in [0.1, 0.15) is 18.4 Å². The molecule has 2 aromatic carbocycles. The molecule has 32 heavy (non-hydrogen) atoms. The summed E-state index contributed by atoms with van der Waals surface area (Å²) in [6.45, 7) is 2.59. The Bertz CT molecular complexity index is 1040. The van der Waals surface area contributed by atoms with Crippen molar-refractivity contribution in [2.45, 2.75) is 25.6 Å². The molecule has 0 spiro atoms. The summed E-state index contributed by atoms with van der Waals surface area (Å²) in [5.41, 5.74) is 0.472. The Morgan fingerprint density at radius 2 is 1.81 bits per heavy atom. The Labute approximate surface area is 184 Å². The molecule has 1 aliphatic heterocycles. The highest BCUT2D eigenvalue weighted by Gasteiger charge is 2.30. The number of amides is 1. The number of likely N-dealkylation sites (tertiary alicyclic amines) is 1. The molecule has 0 bridgehead atoms. The maximum Gasteiger partial charge on any atom is 0.416 e. The molecular formula is C24H25F3N4O. The molecule has 3 aromatic rings. The zero-order chi connectivity index (χ0) is 22.6. The molecule has 0 saturated carbocycles. The molecule has 5 nitrogen and oxygen atoms in total. The van der Waals surface area contributed by atoms with Gasteiger partial charge in [0.05, 0.1) is 12.1 Å². The first-order valence-electron chi connectivity index (χ1n) is 10.6. The van der Waals surface area contributed by atoms with E-state index in [0.717, 1.165) is 56.0 Å². The van der Waals surface area contributed by atoms with E-state index in [4.69, 9.17) is 0 Å². The van der Waals surface area contributed by atoms with Crippen LogP contribution in [-0.2, 0) is 17.5 Å². The van der Waals surface area contributed by atoms with E-state index in [2.05, 4.69) is 14.9 Å². The number of anilines is 1. The average molecular weight is 442 g/mol. The average Bonchev–Trinajstić information content (AvgIpc) is 3.23. The van der Waals surface area contributed by atoms with Crippen LogP contribution in [0.4, 0.5) is 18.9 Å². The second-order valence-corrected chi connectivity index (χ2v) is 8.12. The summed E-state index contributed by atoms with van der Waals surface area (Å²) in [6.07, 6.45) is 1.28. The van der Waals surface area contributed by atoms with Crippen molar-refractivity contribution in [3.8, 4) is 11.4 Å². The Morgan fingerprint density at radius 3 is 2.53 bits per heavy atom. The highest BCUT2D eigenvalue weighted by atomic mass is 19.4. The van der Waals surface area contributed by atoms with Crippen LogP contribution >= 0.6 is 0 Å². The lowest BCUT2D eigenvalue weighted by molar-refractivity contribution is -0.137. The first-order valence-corrected chi connectivity index (χ1v) is 10.6. The molecule has 0 unspecified atom stereocenters. The lowest BCUT2D eigenvalue weighted by Gasteiger charge is -2.31. The Morgan fingerprint density at radius 1 is 1.06 bits per heavy atom. The highest BCUT2D eigenvalue weighted by Crippen LogP contribution is 2.30. The van der Waals surface area contributed by atoms with Crippen molar-refractivity contribution in [3.05, 3.63) is 72.6 Å². The SMILES string of the molecule is O=C(CN1CCC(Cn2ccnc2-c2ccccc2)CC1)Nc1cccc(C(F)(F)F)c1. The van der Waals surface area contributed by atoms with E-state index in [1.807, 2.05) is 47.6 Å². The van der Waals surface area contributed by atoms with Gasteiger partial charge in [-0.15, -0.1) is 0 Å². The Kier molecular flexibility index (Phi) is 6.60. The van der Waals surface area contributed by atoms with Gasteiger partial charge in [0.1, 0.15) is 5.82 Å². The van der Waals surface area contributed by atoms with Crippen LogP contribution in [0.2, 0.25) is 0 Å². The topological polar surface area (TPSA) is 50.2 Å². The van der Waals surface area contributed by atoms with Gasteiger partial charge in [0.15, 0.2) is 0 Å². The smallest absolute Gasteiger partial charge is 0.331 e. The maximum absolute atomic E-state index is 12.8. The fourth-order valence-corrected chi connectivity index (χ4v) is 4.09. The van der Waals surface area contributed by atoms with Gasteiger partial charge in [0.2, 0.25) is 5.91 Å². The lowest BCUT2D eigenvalue weighted by atomic mass is 9.96. The van der Waals surface area contributed by atoms with E-state index in [9.17, 15) is 18.0 Å². The van der Waals surface area contributed by atoms with Gasteiger partial charge in [-0.2, -0.15) is 13.2 Å². The molecule has 1 aromatic heterocycles. The zero-order valence-electron chi connectivity index (χ0n) is 17.6. The van der Waals surface area contributed by atoms with Crippen molar-refractivity contribution < 1.29 is 18.0 Å². The summed E-state index contributed by atoms with van der Waals surface area (Å²) >= 11 is 0. The molecule has 1 amide bonds. The second kappa shape index (κ2) is 9.56. The van der Waals surface area contributed by atoms with Crippen LogP contribution in [0.3, 0.4) is 0 Å². The van der Waals surface area contributed by atoms with E-state index < -0.39 is 11.7 Å². The Hall–Kier alpha value is -3.13. The molecule has 1 fully saturated rings. The van der Waals surface area contributed by atoms with E-state index in [1.54, 1.807) is 0 Å². The minimum atomic E-state index is -4.43. The van der Waals surface area contributed by atoms with Gasteiger partial charge < -0.3 is 9.88 Å². The Balaban J connectivity index is 1.27. The molecule has 4 rings (SSSR count). The van der Waals surface area contributed by atoms with Gasteiger partial charge >= 0.3 is 6.18 Å². The molecular weight excluding hydrogens is 417 g/mol. The molecule has 0 radical (unpaired) electrons. The largest absolute Gasteiger partial charge is 0.416 e. The fraction of sp³-hybridized carbons (Fsp3) is 0.333. The van der Waals surface area contributed by atoms with Crippen LogP contribution in [0.25, 0.3) is 11.4 Å². The van der Waals surface area contributed by atoms with Gasteiger partial charge in [-0.3, -0.25) is 9.69 Å². The van der Waals surface area contributed by atoms with Gasteiger partial charge in [-0.1, -0.05) is 36.4 Å². The van der Waals surface area contributed by atoms with Gasteiger partial charge in [0.25, 0.3) is 0 Å². The molecule has 8 heteroatoms. The molecule has 1 N–H and O–H groups in total. The number of nitrogens with zero attached hydrogens (tertiary/aromatic N) is 3. The highest BCUT2D eigenvalue weighted by molar-refractivity contribution is 5.92. The summed E-state index contributed by atoms with van der Waals surface area (Å²) in [5, 5.41) is 2.58. The van der Waals surface area contributed by atoms with Gasteiger partial charge in [0, 0.05) is 30.2 Å². The number of carbonyl (C=O) groups is 1. The maximum atomic E-state index is 12.8. The third kappa shape index (κ3) is 5.56. The van der Waals surface area contributed by atoms with Crippen LogP contribution in [0.15, 0.2) is 67.0 Å². The minimum Gasteiger partial charge on any atom is -0.331 e. The number of rotatable bonds is 6. The number of halogens is 3. The lowest BCUT2D eigenvalue weighted by Crippen LogP contribution is -2.40. The van der Waals surface area contributed by atoms with Crippen molar-refractivity contribution in [3.63, 3.8) is 0 Å². The van der Waals surface area contributed by atoms with E-state index in [0.29, 0.717) is 5.92 Å². The summed E-state index contributed by atoms with van der Waals surface area (Å²) in [5.74, 6) is 1.13. The molecule has 168 valence electrons. The standard InChI is InChI=1S/C24H25F3N4O/c25-24(26,27)20-7-4-8-21(15-20)29-22(32)17-30-12-9-18(10-13-30)16-31-14-11-28-23(31)19-5-2-1-3-6-19/h1-8,11,14-15,18H,9-10,12-13,16-17H2,(H,29,32). The van der Waals surface area contributed by atoms with Crippen LogP contribution < -0.4 is 5.32 Å². The number of nitrogens with one attached hydrogen (secondary N) is 1. The number of hydrogen-bond donors (Lipinski definition) is 1. The molecule has 2 heterocycles. The quantitative estimate of drug-likeness (QED) is 0.590. The van der Waals surface area contributed by atoms with Gasteiger partial charge in [-0.05, 0) is 50.0 Å². The molecule has 0 atom stereocenters. The predicted octanol–water partition coefficient (Wildman–Crippen LogP) is 4.92. The van der Waals surface area contributed by atoms with Crippen molar-refractivity contribution in [1.82, 2.24) is 14.5 Å². The van der Waals surface area contributed by atoms with Crippen molar-refractivity contribution >= 4 is 11.6 Å². The van der Waals surface area contributed by atoms with Crippen LogP contribution in [0, 0.1) is 5.92 Å². The monoisotopic (exact) mass is 442 g/mol. The number of imidazole rings is 1. The second-order valence-electron chi connectivity index (χ2n) is 8.12. The summed E-state index contributed by atoms with van der Waals surface area (Å²) in [7, 11) is 0. The van der Waals surface area contributed by atoms with Crippen LogP contribution in [0.5, 0.6) is 0 Å². The number of benzene rings is 2. The van der Waals surface area contributed by atoms with E-state index in [-0.39, 0.29) is 18.1 Å². The number of alkyl halides is 3. The molecule has 1 aliphatic rings. The third-order valence-electron chi connectivity index (χ3n) is 5.75. The number of hydrogen-bond acceptors (Lipinski definition) is 3. The minimum absolute atomic E-state index is 0.160. The normalized spacial score (nSPS) is 15.6. The summed E-state index contributed by atoms with van der Waals surface area (Å²) < 4.78 is 40.7. The van der Waals surface area contributed by atoms with E-state index in [1.165, 1.54) is 12.1 Å².